The fourth-order valence-electron chi connectivity index (χ4n) is 4.06. The van der Waals surface area contributed by atoms with Crippen LogP contribution in [0, 0.1) is 17.8 Å². The highest BCUT2D eigenvalue weighted by Crippen LogP contribution is 2.30. The van der Waals surface area contributed by atoms with Crippen molar-refractivity contribution in [2.75, 3.05) is 6.61 Å². The highest BCUT2D eigenvalue weighted by Gasteiger charge is 2.33. The summed E-state index contributed by atoms with van der Waals surface area (Å²) in [6, 6.07) is 0. The molecule has 5 aliphatic rings. The molecule has 3 saturated carbocycles. The van der Waals surface area contributed by atoms with E-state index < -0.39 is 11.9 Å². The molecule has 0 aromatic rings. The summed E-state index contributed by atoms with van der Waals surface area (Å²) in [5.74, 6) is -0.400. The van der Waals surface area contributed by atoms with E-state index in [-0.39, 0.29) is 36.1 Å². The van der Waals surface area contributed by atoms with Crippen molar-refractivity contribution < 1.29 is 39.3 Å². The Labute approximate surface area is 210 Å². The molecular formula is C25H37N3O8. The normalized spacial score (nSPS) is 25.5. The van der Waals surface area contributed by atoms with Crippen LogP contribution in [0.1, 0.15) is 70.6 Å². The second kappa shape index (κ2) is 13.4. The lowest BCUT2D eigenvalue weighted by Crippen LogP contribution is -2.34. The number of carboxylic acids is 2. The lowest BCUT2D eigenvalue weighted by atomic mass is 9.86. The largest absolute Gasteiger partial charge is 0.481 e. The number of carboxylic acid groups (broad SMARTS) is 2. The zero-order chi connectivity index (χ0) is 26.1. The van der Waals surface area contributed by atoms with Gasteiger partial charge in [0.2, 0.25) is 0 Å². The summed E-state index contributed by atoms with van der Waals surface area (Å²) in [6.45, 7) is 4.16. The van der Waals surface area contributed by atoms with Crippen LogP contribution in [0.5, 0.6) is 0 Å². The summed E-state index contributed by atoms with van der Waals surface area (Å²) in [7, 11) is 0. The molecule has 5 rings (SSSR count). The predicted octanol–water partition coefficient (Wildman–Crippen LogP) is 3.25. The molecule has 2 heterocycles. The average molecular weight is 508 g/mol. The monoisotopic (exact) mass is 507 g/mol. The fraction of sp³-hybridized carbons (Fsp3) is 0.680. The number of hydroxylamine groups is 1. The molecule has 3 aliphatic carbocycles. The van der Waals surface area contributed by atoms with Crippen molar-refractivity contribution in [1.29, 1.82) is 0 Å². The van der Waals surface area contributed by atoms with Gasteiger partial charge in [0.05, 0.1) is 23.9 Å². The highest BCUT2D eigenvalue weighted by molar-refractivity contribution is 5.93. The van der Waals surface area contributed by atoms with E-state index in [1.165, 1.54) is 0 Å². The maximum atomic E-state index is 11.7. The molecule has 0 bridgehead atoms. The lowest BCUT2D eigenvalue weighted by Gasteiger charge is -2.29. The van der Waals surface area contributed by atoms with E-state index in [0.717, 1.165) is 70.6 Å². The van der Waals surface area contributed by atoms with Crippen molar-refractivity contribution in [3.63, 3.8) is 0 Å². The number of carbonyl (C=O) groups excluding carboxylic acids is 1. The molecule has 2 atom stereocenters. The van der Waals surface area contributed by atoms with Crippen molar-refractivity contribution in [3.8, 4) is 0 Å². The predicted molar refractivity (Wildman–Crippen MR) is 129 cm³/mol. The molecule has 11 nitrogen and oxygen atoms in total. The van der Waals surface area contributed by atoms with E-state index in [1.807, 2.05) is 10.4 Å². The van der Waals surface area contributed by atoms with Gasteiger partial charge < -0.3 is 24.6 Å². The van der Waals surface area contributed by atoms with Gasteiger partial charge in [0.15, 0.2) is 5.84 Å². The Kier molecular flexibility index (Phi) is 10.3. The minimum atomic E-state index is -0.619. The summed E-state index contributed by atoms with van der Waals surface area (Å²) in [5, 5.41) is 25.3. The Morgan fingerprint density at radius 2 is 1.53 bits per heavy atom. The molecule has 11 heteroatoms. The Hall–Kier alpha value is -2.92. The summed E-state index contributed by atoms with van der Waals surface area (Å²) < 4.78 is 11.2. The van der Waals surface area contributed by atoms with Crippen molar-refractivity contribution in [2.24, 2.45) is 22.7 Å². The molecule has 0 spiro atoms. The SMILES string of the molecule is C=C1N=C(NO)C=CN1C1CCC(COC(=O)C2CCC2)O1.O=C(O)C1CCC1.O=C(O)C1CCC1. The van der Waals surface area contributed by atoms with E-state index in [1.54, 1.807) is 12.3 Å². The van der Waals surface area contributed by atoms with Gasteiger partial charge in [-0.05, 0) is 57.4 Å². The van der Waals surface area contributed by atoms with Crippen LogP contribution in [0.2, 0.25) is 0 Å². The zero-order valence-corrected chi connectivity index (χ0v) is 20.5. The molecular weight excluding hydrogens is 470 g/mol. The second-order valence-electron chi connectivity index (χ2n) is 9.73. The van der Waals surface area contributed by atoms with Crippen LogP contribution >= 0.6 is 0 Å². The van der Waals surface area contributed by atoms with Crippen molar-refractivity contribution >= 4 is 23.7 Å². The van der Waals surface area contributed by atoms with E-state index >= 15 is 0 Å². The topological polar surface area (TPSA) is 158 Å². The molecule has 2 aliphatic heterocycles. The summed E-state index contributed by atoms with van der Waals surface area (Å²) in [4.78, 5) is 37.6. The van der Waals surface area contributed by atoms with Gasteiger partial charge in [-0.15, -0.1) is 0 Å². The molecule has 0 aromatic carbocycles. The van der Waals surface area contributed by atoms with E-state index in [4.69, 9.17) is 24.9 Å². The molecule has 0 radical (unpaired) electrons. The van der Waals surface area contributed by atoms with Gasteiger partial charge >= 0.3 is 17.9 Å². The van der Waals surface area contributed by atoms with E-state index in [0.29, 0.717) is 18.3 Å². The van der Waals surface area contributed by atoms with Crippen molar-refractivity contribution in [1.82, 2.24) is 10.4 Å². The van der Waals surface area contributed by atoms with Crippen LogP contribution in [0.15, 0.2) is 29.7 Å². The summed E-state index contributed by atoms with van der Waals surface area (Å²) in [6.07, 6.45) is 13.6. The molecule has 200 valence electrons. The van der Waals surface area contributed by atoms with Crippen LogP contribution in [-0.4, -0.2) is 63.0 Å². The third-order valence-corrected chi connectivity index (χ3v) is 7.21. The summed E-state index contributed by atoms with van der Waals surface area (Å²) in [5.41, 5.74) is 1.99. The first kappa shape index (κ1) is 27.7. The summed E-state index contributed by atoms with van der Waals surface area (Å²) >= 11 is 0. The van der Waals surface area contributed by atoms with E-state index in [2.05, 4.69) is 11.6 Å². The van der Waals surface area contributed by atoms with Gasteiger partial charge in [0, 0.05) is 6.20 Å². The van der Waals surface area contributed by atoms with Gasteiger partial charge in [0.1, 0.15) is 18.7 Å². The molecule has 0 amide bonds. The quantitative estimate of drug-likeness (QED) is 0.311. The highest BCUT2D eigenvalue weighted by atomic mass is 16.6. The van der Waals surface area contributed by atoms with Crippen LogP contribution in [0.4, 0.5) is 0 Å². The third-order valence-electron chi connectivity index (χ3n) is 7.21. The maximum Gasteiger partial charge on any atom is 0.309 e. The molecule has 4 N–H and O–H groups in total. The van der Waals surface area contributed by atoms with Gasteiger partial charge in [-0.2, -0.15) is 0 Å². The first-order valence-electron chi connectivity index (χ1n) is 12.7. The van der Waals surface area contributed by atoms with E-state index in [9.17, 15) is 14.4 Å². The number of aliphatic imine (C=N–C) groups is 1. The lowest BCUT2D eigenvalue weighted by molar-refractivity contribution is -0.156. The number of rotatable bonds is 6. The van der Waals surface area contributed by atoms with Crippen LogP contribution < -0.4 is 5.48 Å². The van der Waals surface area contributed by atoms with Crippen LogP contribution in [0.3, 0.4) is 0 Å². The molecule has 0 aromatic heterocycles. The minimum Gasteiger partial charge on any atom is -0.481 e. The van der Waals surface area contributed by atoms with Crippen LogP contribution in [0.25, 0.3) is 0 Å². The maximum absolute atomic E-state index is 11.7. The Morgan fingerprint density at radius 1 is 0.972 bits per heavy atom. The van der Waals surface area contributed by atoms with Gasteiger partial charge in [-0.1, -0.05) is 25.8 Å². The number of hydrogen-bond donors (Lipinski definition) is 4. The number of hydrogen-bond acceptors (Lipinski definition) is 9. The van der Waals surface area contributed by atoms with Gasteiger partial charge in [0.25, 0.3) is 0 Å². The number of aliphatic carboxylic acids is 2. The molecule has 2 unspecified atom stereocenters. The number of nitrogens with one attached hydrogen (secondary N) is 1. The smallest absolute Gasteiger partial charge is 0.309 e. The zero-order valence-electron chi connectivity index (χ0n) is 20.5. The number of ether oxygens (including phenoxy) is 2. The standard InChI is InChI=1S/C15H21N3O4.2C5H8O2/c1-10-16-13(17-20)7-8-18(10)14-6-5-12(22-14)9-21-15(19)11-3-2-4-11;2*6-5(7)4-2-1-3-4/h7-8,11-12,14,20H,1-6,9H2,(H,16,17);2*4H,1-3H2,(H,6,7). The van der Waals surface area contributed by atoms with Crippen molar-refractivity contribution in [3.05, 3.63) is 24.7 Å². The first-order valence-corrected chi connectivity index (χ1v) is 12.7. The average Bonchev–Trinajstić information content (AvgIpc) is 3.17. The Bertz CT molecular complexity index is 837. The first-order chi connectivity index (χ1) is 17.3. The minimum absolute atomic E-state index is 0.000000000000000444. The second-order valence-corrected chi connectivity index (χ2v) is 9.73. The molecule has 4 fully saturated rings. The van der Waals surface area contributed by atoms with Gasteiger partial charge in [-0.25, -0.2) is 4.99 Å². The van der Waals surface area contributed by atoms with Crippen LogP contribution in [-0.2, 0) is 23.9 Å². The molecule has 1 saturated heterocycles. The Morgan fingerprint density at radius 3 is 1.92 bits per heavy atom. The third kappa shape index (κ3) is 7.79. The van der Waals surface area contributed by atoms with Gasteiger partial charge in [-0.3, -0.25) is 25.1 Å². The number of nitrogens with zero attached hydrogens (tertiary/aromatic N) is 2. The number of carbonyl (C=O) groups is 3. The van der Waals surface area contributed by atoms with Crippen molar-refractivity contribution in [2.45, 2.75) is 83.0 Å². The number of esters is 1. The number of amidine groups is 1. The Balaban J connectivity index is 0.000000209. The fourth-order valence-corrected chi connectivity index (χ4v) is 4.06. The molecule has 36 heavy (non-hydrogen) atoms.